The number of carbonyl (C=O) groups excluding carboxylic acids is 1. The zero-order chi connectivity index (χ0) is 19.3. The molecule has 0 aromatic carbocycles. The molecule has 10 heteroatoms. The van der Waals surface area contributed by atoms with E-state index in [0.717, 1.165) is 57.2 Å². The highest BCUT2D eigenvalue weighted by molar-refractivity contribution is 7.19. The van der Waals surface area contributed by atoms with Crippen molar-refractivity contribution >= 4 is 27.6 Å². The van der Waals surface area contributed by atoms with Crippen molar-refractivity contribution in [2.75, 3.05) is 36.4 Å². The monoisotopic (exact) mass is 404 g/mol. The van der Waals surface area contributed by atoms with E-state index < -0.39 is 0 Å². The number of nitrogens with zero attached hydrogens (tertiary/aromatic N) is 6. The first-order valence-corrected chi connectivity index (χ1v) is 10.9. The Morgan fingerprint density at radius 3 is 2.71 bits per heavy atom. The molecule has 1 aliphatic heterocycles. The first-order chi connectivity index (χ1) is 13.7. The highest BCUT2D eigenvalue weighted by Crippen LogP contribution is 2.25. The van der Waals surface area contributed by atoms with Gasteiger partial charge in [0.1, 0.15) is 0 Å². The zero-order valence-corrected chi connectivity index (χ0v) is 17.1. The van der Waals surface area contributed by atoms with Crippen molar-refractivity contribution in [1.29, 1.82) is 0 Å². The average Bonchev–Trinajstić information content (AvgIpc) is 3.45. The SMILES string of the molecule is CCn1cc(CN2CCN(c3nnc(NC(=O)NC4CCCC4)s3)CC2)cn1. The molecule has 0 spiro atoms. The van der Waals surface area contributed by atoms with Crippen LogP contribution >= 0.6 is 11.3 Å². The normalized spacial score (nSPS) is 18.5. The van der Waals surface area contributed by atoms with Crippen molar-refractivity contribution in [3.05, 3.63) is 18.0 Å². The molecule has 28 heavy (non-hydrogen) atoms. The zero-order valence-electron chi connectivity index (χ0n) is 16.3. The molecule has 1 saturated heterocycles. The number of urea groups is 1. The number of amides is 2. The van der Waals surface area contributed by atoms with Crippen LogP contribution in [0.15, 0.2) is 12.4 Å². The van der Waals surface area contributed by atoms with E-state index in [1.165, 1.54) is 29.7 Å². The molecule has 3 heterocycles. The van der Waals surface area contributed by atoms with Crippen LogP contribution < -0.4 is 15.5 Å². The molecule has 2 N–H and O–H groups in total. The third kappa shape index (κ3) is 4.79. The van der Waals surface area contributed by atoms with Crippen LogP contribution in [0.3, 0.4) is 0 Å². The van der Waals surface area contributed by atoms with Crippen molar-refractivity contribution in [3.63, 3.8) is 0 Å². The summed E-state index contributed by atoms with van der Waals surface area (Å²) in [7, 11) is 0. The molecule has 152 valence electrons. The summed E-state index contributed by atoms with van der Waals surface area (Å²) in [5.74, 6) is 0. The molecule has 0 atom stereocenters. The number of anilines is 2. The maximum absolute atomic E-state index is 12.1. The molecule has 2 fully saturated rings. The number of hydrogen-bond acceptors (Lipinski definition) is 7. The van der Waals surface area contributed by atoms with Crippen LogP contribution in [0.5, 0.6) is 0 Å². The maximum atomic E-state index is 12.1. The molecule has 0 radical (unpaired) electrons. The highest BCUT2D eigenvalue weighted by atomic mass is 32.1. The summed E-state index contributed by atoms with van der Waals surface area (Å²) < 4.78 is 1.96. The number of piperazine rings is 1. The van der Waals surface area contributed by atoms with Gasteiger partial charge in [-0.3, -0.25) is 14.9 Å². The number of nitrogens with one attached hydrogen (secondary N) is 2. The summed E-state index contributed by atoms with van der Waals surface area (Å²) >= 11 is 1.44. The van der Waals surface area contributed by atoms with E-state index >= 15 is 0 Å². The summed E-state index contributed by atoms with van der Waals surface area (Å²) in [6, 6.07) is 0.122. The summed E-state index contributed by atoms with van der Waals surface area (Å²) in [6.07, 6.45) is 8.60. The van der Waals surface area contributed by atoms with Crippen molar-refractivity contribution in [2.24, 2.45) is 0 Å². The second kappa shape index (κ2) is 8.87. The van der Waals surface area contributed by atoms with Crippen molar-refractivity contribution < 1.29 is 4.79 Å². The lowest BCUT2D eigenvalue weighted by Crippen LogP contribution is -2.45. The molecule has 2 aliphatic rings. The first-order valence-electron chi connectivity index (χ1n) is 10.1. The Balaban J connectivity index is 1.24. The van der Waals surface area contributed by atoms with Crippen LogP contribution in [-0.2, 0) is 13.1 Å². The summed E-state index contributed by atoms with van der Waals surface area (Å²) in [4.78, 5) is 16.8. The van der Waals surface area contributed by atoms with Crippen molar-refractivity contribution in [1.82, 2.24) is 30.2 Å². The average molecular weight is 405 g/mol. The highest BCUT2D eigenvalue weighted by Gasteiger charge is 2.22. The van der Waals surface area contributed by atoms with Gasteiger partial charge >= 0.3 is 6.03 Å². The van der Waals surface area contributed by atoms with Crippen LogP contribution in [0.1, 0.15) is 38.2 Å². The van der Waals surface area contributed by atoms with Gasteiger partial charge in [0, 0.05) is 57.1 Å². The molecule has 1 aliphatic carbocycles. The number of hydrogen-bond donors (Lipinski definition) is 2. The minimum Gasteiger partial charge on any atom is -0.344 e. The molecular weight excluding hydrogens is 376 g/mol. The second-order valence-corrected chi connectivity index (χ2v) is 8.39. The van der Waals surface area contributed by atoms with Gasteiger partial charge in [0.15, 0.2) is 0 Å². The molecule has 1 saturated carbocycles. The van der Waals surface area contributed by atoms with Crippen LogP contribution in [0.25, 0.3) is 0 Å². The first kappa shape index (κ1) is 19.1. The minimum absolute atomic E-state index is 0.174. The predicted octanol–water partition coefficient (Wildman–Crippen LogP) is 2.14. The molecule has 2 aromatic rings. The van der Waals surface area contributed by atoms with Gasteiger partial charge in [-0.2, -0.15) is 5.10 Å². The largest absolute Gasteiger partial charge is 0.344 e. The van der Waals surface area contributed by atoms with Gasteiger partial charge in [-0.1, -0.05) is 24.2 Å². The second-order valence-electron chi connectivity index (χ2n) is 7.44. The van der Waals surface area contributed by atoms with Gasteiger partial charge in [0.25, 0.3) is 0 Å². The lowest BCUT2D eigenvalue weighted by Gasteiger charge is -2.33. The topological polar surface area (TPSA) is 91.2 Å². The molecule has 2 amide bonds. The summed E-state index contributed by atoms with van der Waals surface area (Å²) in [5, 5.41) is 20.0. The van der Waals surface area contributed by atoms with Crippen LogP contribution in [0.4, 0.5) is 15.1 Å². The van der Waals surface area contributed by atoms with Crippen LogP contribution in [0, 0.1) is 0 Å². The Morgan fingerprint density at radius 2 is 2.00 bits per heavy atom. The maximum Gasteiger partial charge on any atom is 0.321 e. The van der Waals surface area contributed by atoms with E-state index in [0.29, 0.717) is 11.2 Å². The van der Waals surface area contributed by atoms with E-state index in [-0.39, 0.29) is 6.03 Å². The van der Waals surface area contributed by atoms with Gasteiger partial charge < -0.3 is 10.2 Å². The summed E-state index contributed by atoms with van der Waals surface area (Å²) in [5.41, 5.74) is 1.26. The lowest BCUT2D eigenvalue weighted by atomic mass is 10.2. The Kier molecular flexibility index (Phi) is 6.06. The van der Waals surface area contributed by atoms with E-state index in [4.69, 9.17) is 0 Å². The predicted molar refractivity (Wildman–Crippen MR) is 110 cm³/mol. The van der Waals surface area contributed by atoms with E-state index in [1.807, 2.05) is 10.9 Å². The third-order valence-electron chi connectivity index (χ3n) is 5.38. The number of aryl methyl sites for hydroxylation is 1. The Bertz CT molecular complexity index is 776. The molecule has 4 rings (SSSR count). The van der Waals surface area contributed by atoms with Gasteiger partial charge in [-0.15, -0.1) is 10.2 Å². The van der Waals surface area contributed by atoms with E-state index in [2.05, 4.69) is 48.9 Å². The Hall–Kier alpha value is -2.20. The van der Waals surface area contributed by atoms with Crippen molar-refractivity contribution in [2.45, 2.75) is 51.7 Å². The van der Waals surface area contributed by atoms with Gasteiger partial charge in [-0.25, -0.2) is 4.79 Å². The van der Waals surface area contributed by atoms with Crippen LogP contribution in [0.2, 0.25) is 0 Å². The van der Waals surface area contributed by atoms with Crippen molar-refractivity contribution in [3.8, 4) is 0 Å². The standard InChI is InChI=1S/C18H28N8OS/c1-2-26-13-14(11-19-26)12-24-7-9-25(10-8-24)18-23-22-17(28-18)21-16(27)20-15-5-3-4-6-15/h11,13,15H,2-10,12H2,1H3,(H2,20,21,22,27). The Morgan fingerprint density at radius 1 is 1.21 bits per heavy atom. The molecule has 0 bridgehead atoms. The smallest absolute Gasteiger partial charge is 0.321 e. The fourth-order valence-corrected chi connectivity index (χ4v) is 4.59. The quantitative estimate of drug-likeness (QED) is 0.767. The Labute approximate surface area is 169 Å². The number of rotatable bonds is 6. The number of aromatic nitrogens is 4. The number of carbonyl (C=O) groups is 1. The van der Waals surface area contributed by atoms with Gasteiger partial charge in [0.2, 0.25) is 10.3 Å². The lowest BCUT2D eigenvalue weighted by molar-refractivity contribution is 0.248. The summed E-state index contributed by atoms with van der Waals surface area (Å²) in [6.45, 7) is 7.69. The van der Waals surface area contributed by atoms with Gasteiger partial charge in [-0.05, 0) is 19.8 Å². The fourth-order valence-electron chi connectivity index (χ4n) is 3.80. The van der Waals surface area contributed by atoms with Gasteiger partial charge in [0.05, 0.1) is 6.20 Å². The molecule has 0 unspecified atom stereocenters. The third-order valence-corrected chi connectivity index (χ3v) is 6.28. The molecule has 9 nitrogen and oxygen atoms in total. The van der Waals surface area contributed by atoms with E-state index in [9.17, 15) is 4.79 Å². The minimum atomic E-state index is -0.174. The van der Waals surface area contributed by atoms with E-state index in [1.54, 1.807) is 0 Å². The molecule has 2 aromatic heterocycles. The fraction of sp³-hybridized carbons (Fsp3) is 0.667. The van der Waals surface area contributed by atoms with Crippen LogP contribution in [-0.4, -0.2) is 63.1 Å². The molecular formula is C18H28N8OS.